The smallest absolute Gasteiger partial charge is 0.330 e. The molecule has 296 valence electrons. The van der Waals surface area contributed by atoms with Gasteiger partial charge in [-0.15, -0.1) is 10.1 Å². The van der Waals surface area contributed by atoms with Crippen LogP contribution in [0.1, 0.15) is 142 Å². The van der Waals surface area contributed by atoms with E-state index in [1.165, 1.54) is 109 Å². The first-order valence-electron chi connectivity index (χ1n) is 18.9. The molecule has 1 aromatic rings. The Morgan fingerprint density at radius 1 is 0.904 bits per heavy atom. The first-order chi connectivity index (χ1) is 25.2. The Kier molecular flexibility index (Phi) is 36.5. The number of nitrogens with one attached hydrogen (secondary N) is 1. The van der Waals surface area contributed by atoms with E-state index >= 15 is 0 Å². The Labute approximate surface area is 312 Å². The molecule has 1 amide bonds. The van der Waals surface area contributed by atoms with Gasteiger partial charge in [0.1, 0.15) is 12.8 Å². The van der Waals surface area contributed by atoms with Crippen molar-refractivity contribution in [2.24, 2.45) is 5.92 Å². The number of unbranched alkanes of at least 4 members (excludes halogenated alkanes) is 8. The van der Waals surface area contributed by atoms with Gasteiger partial charge in [-0.05, 0) is 62.3 Å². The second kappa shape index (κ2) is 38.0. The van der Waals surface area contributed by atoms with Crippen LogP contribution in [-0.4, -0.2) is 56.6 Å². The summed E-state index contributed by atoms with van der Waals surface area (Å²) in [6, 6.07) is 4.63. The molecule has 0 bridgehead atoms. The van der Waals surface area contributed by atoms with E-state index in [-0.39, 0.29) is 31.3 Å². The van der Waals surface area contributed by atoms with E-state index in [1.807, 2.05) is 0 Å². The van der Waals surface area contributed by atoms with Crippen molar-refractivity contribution in [1.82, 2.24) is 5.32 Å². The summed E-state index contributed by atoms with van der Waals surface area (Å²) < 4.78 is 15.2. The Hall–Kier alpha value is -4.22. The zero-order chi connectivity index (χ0) is 39.1. The molecule has 0 aliphatic heterocycles. The molecule has 12 heteroatoms. The number of nitrogens with zero attached hydrogens (tertiary/aromatic N) is 1. The van der Waals surface area contributed by atoms with Crippen LogP contribution in [0.2, 0.25) is 0 Å². The highest BCUT2D eigenvalue weighted by atomic mass is 16.9. The fraction of sp³-hybridized carbons (Fsp3) is 0.650. The number of amides is 1. The van der Waals surface area contributed by atoms with E-state index in [2.05, 4.69) is 50.0 Å². The Bertz CT molecular complexity index is 1110. The Morgan fingerprint density at radius 2 is 1.56 bits per heavy atom. The van der Waals surface area contributed by atoms with Crippen LogP contribution >= 0.6 is 0 Å². The minimum Gasteiger partial charge on any atom is -0.493 e. The minimum atomic E-state index is -0.878. The maximum Gasteiger partial charge on any atom is 0.330 e. The number of carbonyl (C=O) groups is 4. The number of ether oxygens (including phenoxy) is 3. The van der Waals surface area contributed by atoms with Crippen LogP contribution in [-0.2, 0) is 28.8 Å². The molecule has 1 fully saturated rings. The summed E-state index contributed by atoms with van der Waals surface area (Å²) >= 11 is 0. The van der Waals surface area contributed by atoms with Crippen molar-refractivity contribution in [3.05, 3.63) is 52.1 Å². The van der Waals surface area contributed by atoms with Gasteiger partial charge in [0.2, 0.25) is 6.41 Å². The van der Waals surface area contributed by atoms with Crippen molar-refractivity contribution in [3.63, 3.8) is 0 Å². The van der Waals surface area contributed by atoms with Gasteiger partial charge >= 0.3 is 11.9 Å². The Balaban J connectivity index is 0. The third-order valence-electron chi connectivity index (χ3n) is 7.72. The number of allylic oxidation sites excluding steroid dienone is 2. The van der Waals surface area contributed by atoms with Crippen LogP contribution in [0.15, 0.2) is 36.4 Å². The lowest BCUT2D eigenvalue weighted by molar-refractivity contribution is -0.757. The Morgan fingerprint density at radius 3 is 2.12 bits per heavy atom. The molecular weight excluding hydrogens is 668 g/mol. The lowest BCUT2D eigenvalue weighted by Gasteiger charge is -2.09. The number of benzene rings is 1. The molecule has 1 aliphatic carbocycles. The van der Waals surface area contributed by atoms with Crippen molar-refractivity contribution in [1.29, 1.82) is 0 Å². The molecule has 1 saturated carbocycles. The first-order valence-corrected chi connectivity index (χ1v) is 18.9. The number of carbonyl (C=O) groups excluding carboxylic acids is 4. The summed E-state index contributed by atoms with van der Waals surface area (Å²) in [6.45, 7) is 8.56. The van der Waals surface area contributed by atoms with Crippen LogP contribution in [0.5, 0.6) is 11.5 Å². The van der Waals surface area contributed by atoms with E-state index in [4.69, 9.17) is 14.2 Å². The fourth-order valence-corrected chi connectivity index (χ4v) is 4.83. The predicted molar refractivity (Wildman–Crippen MR) is 206 cm³/mol. The average Bonchev–Trinajstić information content (AvgIpc) is 3.67. The molecular formula is C40H66N2O10. The number of hydrogen-bond acceptors (Lipinski definition) is 10. The molecule has 1 aliphatic rings. The van der Waals surface area contributed by atoms with Crippen molar-refractivity contribution in [2.45, 2.75) is 137 Å². The van der Waals surface area contributed by atoms with Gasteiger partial charge in [0, 0.05) is 12.5 Å². The SMILES string of the molecule is C/C=C\CCCC.CCCCCCCC.COc1cc(/C=C/C(=O)OCCCCO[N+](=O)[O-])ccc1OC(=O)CNC=O.O=CCCC1CCCC1. The van der Waals surface area contributed by atoms with Gasteiger partial charge in [-0.25, -0.2) is 9.59 Å². The van der Waals surface area contributed by atoms with Crippen LogP contribution in [0.4, 0.5) is 0 Å². The lowest BCUT2D eigenvalue weighted by atomic mass is 10.0. The van der Waals surface area contributed by atoms with Crippen molar-refractivity contribution in [3.8, 4) is 11.5 Å². The van der Waals surface area contributed by atoms with E-state index in [1.54, 1.807) is 12.1 Å². The summed E-state index contributed by atoms with van der Waals surface area (Å²) in [6.07, 6.45) is 29.1. The van der Waals surface area contributed by atoms with E-state index in [9.17, 15) is 29.3 Å². The van der Waals surface area contributed by atoms with Gasteiger partial charge in [0.15, 0.2) is 11.5 Å². The summed E-state index contributed by atoms with van der Waals surface area (Å²) in [5, 5.41) is 11.3. The van der Waals surface area contributed by atoms with Crippen molar-refractivity contribution in [2.75, 3.05) is 26.9 Å². The van der Waals surface area contributed by atoms with Crippen molar-refractivity contribution < 1.29 is 43.3 Å². The van der Waals surface area contributed by atoms with Crippen LogP contribution in [0.25, 0.3) is 6.08 Å². The number of rotatable bonds is 24. The first kappa shape index (κ1) is 49.9. The number of methoxy groups -OCH3 is 1. The predicted octanol–water partition coefficient (Wildman–Crippen LogP) is 9.17. The van der Waals surface area contributed by atoms with Gasteiger partial charge in [-0.1, -0.05) is 116 Å². The lowest BCUT2D eigenvalue weighted by Crippen LogP contribution is -2.25. The summed E-state index contributed by atoms with van der Waals surface area (Å²) in [5.41, 5.74) is 0.596. The topological polar surface area (TPSA) is 160 Å². The maximum atomic E-state index is 11.6. The summed E-state index contributed by atoms with van der Waals surface area (Å²) in [5.74, 6) is 0.0679. The molecule has 0 atom stereocenters. The molecule has 52 heavy (non-hydrogen) atoms. The third-order valence-corrected chi connectivity index (χ3v) is 7.72. The van der Waals surface area contributed by atoms with Gasteiger partial charge in [0.05, 0.1) is 20.3 Å². The molecule has 12 nitrogen and oxygen atoms in total. The van der Waals surface area contributed by atoms with Crippen LogP contribution < -0.4 is 14.8 Å². The zero-order valence-electron chi connectivity index (χ0n) is 32.4. The summed E-state index contributed by atoms with van der Waals surface area (Å²) in [7, 11) is 1.39. The van der Waals surface area contributed by atoms with Crippen LogP contribution in [0, 0.1) is 16.0 Å². The average molecular weight is 735 g/mol. The normalized spacial score (nSPS) is 11.9. The fourth-order valence-electron chi connectivity index (χ4n) is 4.83. The molecule has 0 spiro atoms. The molecule has 0 unspecified atom stereocenters. The second-order valence-electron chi connectivity index (χ2n) is 12.2. The van der Waals surface area contributed by atoms with Crippen LogP contribution in [0.3, 0.4) is 0 Å². The summed E-state index contributed by atoms with van der Waals surface area (Å²) in [4.78, 5) is 57.4. The highest BCUT2D eigenvalue weighted by Crippen LogP contribution is 2.29. The van der Waals surface area contributed by atoms with E-state index in [0.29, 0.717) is 24.8 Å². The maximum absolute atomic E-state index is 11.6. The quantitative estimate of drug-likeness (QED) is 0.0158. The molecule has 2 rings (SSSR count). The number of aldehydes is 1. The van der Waals surface area contributed by atoms with Gasteiger partial charge in [-0.3, -0.25) is 4.79 Å². The molecule has 1 N–H and O–H groups in total. The minimum absolute atomic E-state index is 0.0533. The van der Waals surface area contributed by atoms with Gasteiger partial charge in [0.25, 0.3) is 5.09 Å². The third kappa shape index (κ3) is 33.0. The number of hydrogen-bond donors (Lipinski definition) is 1. The van der Waals surface area contributed by atoms with Gasteiger partial charge < -0.3 is 29.2 Å². The molecule has 1 aromatic carbocycles. The molecule has 0 radical (unpaired) electrons. The van der Waals surface area contributed by atoms with Gasteiger partial charge in [-0.2, -0.15) is 0 Å². The van der Waals surface area contributed by atoms with E-state index < -0.39 is 17.0 Å². The van der Waals surface area contributed by atoms with Crippen molar-refractivity contribution >= 4 is 30.7 Å². The highest BCUT2D eigenvalue weighted by molar-refractivity contribution is 5.87. The largest absolute Gasteiger partial charge is 0.493 e. The number of esters is 2. The monoisotopic (exact) mass is 734 g/mol. The molecule has 0 saturated heterocycles. The second-order valence-corrected chi connectivity index (χ2v) is 12.2. The standard InChI is InChI=1S/C17H20N2O9.C8H14O.C8H18.C7H14/c1-25-15-10-13(4-6-14(15)28-17(22)11-18-12-20)5-7-16(21)26-8-2-3-9-27-19(23)24;9-7-3-6-8-4-1-2-5-8;1-3-5-7-8-6-4-2;1-3-5-7-6-4-2/h4-7,10,12H,2-3,8-9,11H2,1H3,(H,18,20);7-8H,1-6H2;3-8H2,1-2H3;3,5H,4,6-7H2,1-2H3/b7-5+;;;5-3-. The molecule has 0 heterocycles. The zero-order valence-corrected chi connectivity index (χ0v) is 32.4. The van der Waals surface area contributed by atoms with E-state index in [0.717, 1.165) is 25.0 Å². The highest BCUT2D eigenvalue weighted by Gasteiger charge is 2.13. The molecule has 0 aromatic heterocycles.